The molecule has 0 spiro atoms. The van der Waals surface area contributed by atoms with Gasteiger partial charge in [0.25, 0.3) is 5.91 Å². The van der Waals surface area contributed by atoms with Crippen LogP contribution in [-0.2, 0) is 9.53 Å². The molecule has 0 saturated carbocycles. The summed E-state index contributed by atoms with van der Waals surface area (Å²) >= 11 is 0. The van der Waals surface area contributed by atoms with Crippen LogP contribution in [0.5, 0.6) is 5.75 Å². The van der Waals surface area contributed by atoms with Gasteiger partial charge in [0.1, 0.15) is 17.1 Å². The number of amides is 1. The Morgan fingerprint density at radius 2 is 1.92 bits per heavy atom. The van der Waals surface area contributed by atoms with Crippen molar-refractivity contribution >= 4 is 17.6 Å². The van der Waals surface area contributed by atoms with Gasteiger partial charge in [-0.05, 0) is 52.0 Å². The number of aromatic nitrogens is 1. The molecule has 1 heterocycles. The highest BCUT2D eigenvalue weighted by Crippen LogP contribution is 2.17. The molecule has 1 atom stereocenters. The van der Waals surface area contributed by atoms with E-state index in [2.05, 4.69) is 10.5 Å². The summed E-state index contributed by atoms with van der Waals surface area (Å²) in [6, 6.07) is 6.93. The number of carbonyl (C=O) groups is 2. The number of aryl methyl sites for hydroxylation is 2. The standard InChI is InChI=1S/C17H20N2O5/c1-5-22-14-8-6-13(7-9-14)18-16(20)12(4)23-17(21)15-10(2)19-24-11(15)3/h6-9,12H,5H2,1-4H3,(H,18,20)/t12-/m0/s1. The van der Waals surface area contributed by atoms with Crippen molar-refractivity contribution in [3.05, 3.63) is 41.3 Å². The van der Waals surface area contributed by atoms with Gasteiger partial charge in [-0.25, -0.2) is 4.79 Å². The lowest BCUT2D eigenvalue weighted by Gasteiger charge is -2.13. The third-order valence-electron chi connectivity index (χ3n) is 3.32. The number of hydrogen-bond donors (Lipinski definition) is 1. The van der Waals surface area contributed by atoms with Crippen LogP contribution in [0.2, 0.25) is 0 Å². The Labute approximate surface area is 139 Å². The van der Waals surface area contributed by atoms with Gasteiger partial charge in [-0.3, -0.25) is 4.79 Å². The Balaban J connectivity index is 1.95. The molecule has 2 aromatic rings. The fourth-order valence-corrected chi connectivity index (χ4v) is 2.09. The number of nitrogens with zero attached hydrogens (tertiary/aromatic N) is 1. The second-order valence-corrected chi connectivity index (χ2v) is 5.19. The molecule has 24 heavy (non-hydrogen) atoms. The molecule has 1 amide bonds. The smallest absolute Gasteiger partial charge is 0.344 e. The molecular weight excluding hydrogens is 312 g/mol. The summed E-state index contributed by atoms with van der Waals surface area (Å²) in [5.41, 5.74) is 1.26. The fraction of sp³-hybridized carbons (Fsp3) is 0.353. The van der Waals surface area contributed by atoms with Crippen LogP contribution in [0.3, 0.4) is 0 Å². The van der Waals surface area contributed by atoms with Crippen LogP contribution in [0, 0.1) is 13.8 Å². The third-order valence-corrected chi connectivity index (χ3v) is 3.32. The van der Waals surface area contributed by atoms with E-state index in [1.54, 1.807) is 38.1 Å². The number of benzene rings is 1. The predicted molar refractivity (Wildman–Crippen MR) is 87.1 cm³/mol. The molecular formula is C17H20N2O5. The van der Waals surface area contributed by atoms with Crippen LogP contribution < -0.4 is 10.1 Å². The van der Waals surface area contributed by atoms with E-state index in [4.69, 9.17) is 14.0 Å². The molecule has 0 unspecified atom stereocenters. The van der Waals surface area contributed by atoms with Crippen molar-refractivity contribution in [3.8, 4) is 5.75 Å². The summed E-state index contributed by atoms with van der Waals surface area (Å²) in [6.45, 7) is 7.21. The number of rotatable bonds is 6. The fourth-order valence-electron chi connectivity index (χ4n) is 2.09. The second kappa shape index (κ2) is 7.63. The van der Waals surface area contributed by atoms with Gasteiger partial charge in [-0.2, -0.15) is 0 Å². The van der Waals surface area contributed by atoms with E-state index in [0.29, 0.717) is 29.5 Å². The highest BCUT2D eigenvalue weighted by atomic mass is 16.5. The molecule has 0 saturated heterocycles. The van der Waals surface area contributed by atoms with Gasteiger partial charge in [-0.1, -0.05) is 5.16 Å². The van der Waals surface area contributed by atoms with Crippen molar-refractivity contribution in [2.75, 3.05) is 11.9 Å². The second-order valence-electron chi connectivity index (χ2n) is 5.19. The van der Waals surface area contributed by atoms with E-state index in [-0.39, 0.29) is 5.56 Å². The van der Waals surface area contributed by atoms with Crippen LogP contribution in [0.1, 0.15) is 35.7 Å². The van der Waals surface area contributed by atoms with Gasteiger partial charge in [0.2, 0.25) is 0 Å². The Morgan fingerprint density at radius 3 is 2.46 bits per heavy atom. The third kappa shape index (κ3) is 4.13. The maximum Gasteiger partial charge on any atom is 0.344 e. The SMILES string of the molecule is CCOc1ccc(NC(=O)[C@H](C)OC(=O)c2c(C)noc2C)cc1. The first kappa shape index (κ1) is 17.5. The first-order chi connectivity index (χ1) is 11.4. The van der Waals surface area contributed by atoms with Crippen molar-refractivity contribution in [3.63, 3.8) is 0 Å². The zero-order chi connectivity index (χ0) is 17.7. The minimum Gasteiger partial charge on any atom is -0.494 e. The Morgan fingerprint density at radius 1 is 1.25 bits per heavy atom. The minimum absolute atomic E-state index is 0.246. The zero-order valence-electron chi connectivity index (χ0n) is 14.1. The minimum atomic E-state index is -0.960. The summed E-state index contributed by atoms with van der Waals surface area (Å²) in [5, 5.41) is 6.37. The monoisotopic (exact) mass is 332 g/mol. The van der Waals surface area contributed by atoms with E-state index in [0.717, 1.165) is 0 Å². The number of ether oxygens (including phenoxy) is 2. The molecule has 1 N–H and O–H groups in total. The highest BCUT2D eigenvalue weighted by molar-refractivity contribution is 5.98. The van der Waals surface area contributed by atoms with E-state index >= 15 is 0 Å². The van der Waals surface area contributed by atoms with Crippen molar-refractivity contribution < 1.29 is 23.6 Å². The summed E-state index contributed by atoms with van der Waals surface area (Å²) in [6.07, 6.45) is -0.960. The van der Waals surface area contributed by atoms with Gasteiger partial charge >= 0.3 is 5.97 Å². The molecule has 1 aromatic heterocycles. The molecule has 2 rings (SSSR count). The molecule has 128 valence electrons. The summed E-state index contributed by atoms with van der Waals surface area (Å²) < 4.78 is 15.4. The first-order valence-electron chi connectivity index (χ1n) is 7.60. The van der Waals surface area contributed by atoms with Crippen LogP contribution >= 0.6 is 0 Å². The molecule has 1 aromatic carbocycles. The summed E-state index contributed by atoms with van der Waals surface area (Å²) in [7, 11) is 0. The van der Waals surface area contributed by atoms with Gasteiger partial charge in [-0.15, -0.1) is 0 Å². The van der Waals surface area contributed by atoms with Crippen molar-refractivity contribution in [2.24, 2.45) is 0 Å². The highest BCUT2D eigenvalue weighted by Gasteiger charge is 2.24. The molecule has 0 radical (unpaired) electrons. The molecule has 7 nitrogen and oxygen atoms in total. The van der Waals surface area contributed by atoms with Crippen molar-refractivity contribution in [1.29, 1.82) is 0 Å². The maximum absolute atomic E-state index is 12.1. The van der Waals surface area contributed by atoms with Gasteiger partial charge in [0.05, 0.1) is 12.3 Å². The average Bonchev–Trinajstić information content (AvgIpc) is 2.88. The van der Waals surface area contributed by atoms with Crippen molar-refractivity contribution in [2.45, 2.75) is 33.8 Å². The van der Waals surface area contributed by atoms with Crippen LogP contribution in [0.4, 0.5) is 5.69 Å². The predicted octanol–water partition coefficient (Wildman–Crippen LogP) is 2.87. The first-order valence-corrected chi connectivity index (χ1v) is 7.60. The molecule has 0 fully saturated rings. The Bertz CT molecular complexity index is 702. The number of carbonyl (C=O) groups excluding carboxylic acids is 2. The quantitative estimate of drug-likeness (QED) is 0.818. The molecule has 0 aliphatic heterocycles. The Hall–Kier alpha value is -2.83. The van der Waals surface area contributed by atoms with Gasteiger partial charge in [0.15, 0.2) is 6.10 Å². The molecule has 0 aliphatic rings. The van der Waals surface area contributed by atoms with E-state index in [1.807, 2.05) is 6.92 Å². The molecule has 0 bridgehead atoms. The lowest BCUT2D eigenvalue weighted by atomic mass is 10.2. The number of nitrogens with one attached hydrogen (secondary N) is 1. The van der Waals surface area contributed by atoms with Gasteiger partial charge in [0, 0.05) is 5.69 Å². The lowest BCUT2D eigenvalue weighted by molar-refractivity contribution is -0.123. The van der Waals surface area contributed by atoms with E-state index in [1.165, 1.54) is 6.92 Å². The summed E-state index contributed by atoms with van der Waals surface area (Å²) in [5.74, 6) is 0.00451. The largest absolute Gasteiger partial charge is 0.494 e. The van der Waals surface area contributed by atoms with Crippen LogP contribution in [0.25, 0.3) is 0 Å². The number of esters is 1. The zero-order valence-corrected chi connectivity index (χ0v) is 14.1. The van der Waals surface area contributed by atoms with Crippen LogP contribution in [-0.4, -0.2) is 29.7 Å². The molecule has 7 heteroatoms. The number of anilines is 1. The van der Waals surface area contributed by atoms with Gasteiger partial charge < -0.3 is 19.3 Å². The summed E-state index contributed by atoms with van der Waals surface area (Å²) in [4.78, 5) is 24.3. The topological polar surface area (TPSA) is 90.7 Å². The van der Waals surface area contributed by atoms with Crippen molar-refractivity contribution in [1.82, 2.24) is 5.16 Å². The maximum atomic E-state index is 12.1. The lowest BCUT2D eigenvalue weighted by Crippen LogP contribution is -2.30. The Kier molecular flexibility index (Phi) is 5.57. The normalized spacial score (nSPS) is 11.7. The van der Waals surface area contributed by atoms with E-state index in [9.17, 15) is 9.59 Å². The molecule has 0 aliphatic carbocycles. The van der Waals surface area contributed by atoms with Crippen LogP contribution in [0.15, 0.2) is 28.8 Å². The number of hydrogen-bond acceptors (Lipinski definition) is 6. The van der Waals surface area contributed by atoms with E-state index < -0.39 is 18.0 Å². The average molecular weight is 332 g/mol.